The van der Waals surface area contributed by atoms with E-state index in [1.807, 2.05) is 36.4 Å². The molecule has 0 spiro atoms. The summed E-state index contributed by atoms with van der Waals surface area (Å²) < 4.78 is 10.6. The number of hydrogen-bond donors (Lipinski definition) is 3. The summed E-state index contributed by atoms with van der Waals surface area (Å²) >= 11 is 0. The maximum Gasteiger partial charge on any atom is 0.407 e. The summed E-state index contributed by atoms with van der Waals surface area (Å²) in [5.41, 5.74) is 4.55. The van der Waals surface area contributed by atoms with Crippen molar-refractivity contribution in [2.75, 3.05) is 13.2 Å². The number of aliphatic carboxylic acids is 1. The number of rotatable bonds is 7. The Morgan fingerprint density at radius 2 is 1.72 bits per heavy atom. The molecule has 0 bridgehead atoms. The lowest BCUT2D eigenvalue weighted by Crippen LogP contribution is -2.46. The van der Waals surface area contributed by atoms with Gasteiger partial charge in [0.05, 0.1) is 6.04 Å². The Balaban J connectivity index is 1.28. The summed E-state index contributed by atoms with van der Waals surface area (Å²) in [7, 11) is 0. The Bertz CT molecular complexity index is 978. The largest absolute Gasteiger partial charge is 0.479 e. The predicted octanol–water partition coefficient (Wildman–Crippen LogP) is 2.66. The summed E-state index contributed by atoms with van der Waals surface area (Å²) in [6.45, 7) is 2.18. The quantitative estimate of drug-likeness (QED) is 0.612. The van der Waals surface area contributed by atoms with Crippen molar-refractivity contribution in [2.45, 2.75) is 43.9 Å². The molecule has 4 rings (SSSR count). The van der Waals surface area contributed by atoms with E-state index in [2.05, 4.69) is 22.8 Å². The minimum absolute atomic E-state index is 0.00698. The highest BCUT2D eigenvalue weighted by Gasteiger charge is 2.35. The number of carboxylic acids is 1. The van der Waals surface area contributed by atoms with Crippen LogP contribution >= 0.6 is 0 Å². The lowest BCUT2D eigenvalue weighted by Gasteiger charge is -2.19. The fraction of sp³-hybridized carbons (Fsp3) is 0.375. The number of amides is 2. The van der Waals surface area contributed by atoms with E-state index in [1.165, 1.54) is 0 Å². The van der Waals surface area contributed by atoms with Gasteiger partial charge in [-0.25, -0.2) is 9.59 Å². The monoisotopic (exact) mass is 438 g/mol. The Kier molecular flexibility index (Phi) is 6.41. The van der Waals surface area contributed by atoms with Gasteiger partial charge < -0.3 is 25.2 Å². The average Bonchev–Trinajstić information content (AvgIpc) is 3.34. The van der Waals surface area contributed by atoms with Crippen LogP contribution in [0.25, 0.3) is 11.1 Å². The number of fused-ring (bicyclic) bond motifs is 3. The molecule has 2 aliphatic rings. The van der Waals surface area contributed by atoms with E-state index in [4.69, 9.17) is 14.6 Å². The summed E-state index contributed by atoms with van der Waals surface area (Å²) in [6, 6.07) is 15.1. The second kappa shape index (κ2) is 9.40. The molecule has 0 saturated carbocycles. The molecule has 0 radical (unpaired) electrons. The van der Waals surface area contributed by atoms with Crippen molar-refractivity contribution in [1.29, 1.82) is 0 Å². The number of benzene rings is 2. The molecule has 168 valence electrons. The third-order valence-electron chi connectivity index (χ3n) is 5.88. The first-order valence-electron chi connectivity index (χ1n) is 10.7. The number of carbonyl (C=O) groups is 3. The van der Waals surface area contributed by atoms with E-state index in [0.717, 1.165) is 22.3 Å². The number of hydrogen-bond acceptors (Lipinski definition) is 5. The van der Waals surface area contributed by atoms with Crippen molar-refractivity contribution in [3.8, 4) is 11.1 Å². The van der Waals surface area contributed by atoms with Crippen LogP contribution < -0.4 is 10.6 Å². The molecule has 8 heteroatoms. The highest BCUT2D eigenvalue weighted by molar-refractivity contribution is 5.81. The maximum absolute atomic E-state index is 12.3. The lowest BCUT2D eigenvalue weighted by atomic mass is 9.98. The van der Waals surface area contributed by atoms with Gasteiger partial charge in [0.2, 0.25) is 5.91 Å². The number of alkyl carbamates (subject to hydrolysis) is 1. The van der Waals surface area contributed by atoms with Gasteiger partial charge in [0.25, 0.3) is 0 Å². The van der Waals surface area contributed by atoms with E-state index in [9.17, 15) is 14.4 Å². The molecular weight excluding hydrogens is 412 g/mol. The molecule has 1 aliphatic heterocycles. The molecule has 2 aromatic rings. The molecule has 2 amide bonds. The normalized spacial score (nSPS) is 20.2. The molecule has 3 atom stereocenters. The Morgan fingerprint density at radius 3 is 2.34 bits per heavy atom. The van der Waals surface area contributed by atoms with Gasteiger partial charge in [-0.15, -0.1) is 0 Å². The van der Waals surface area contributed by atoms with E-state index in [-0.39, 0.29) is 31.5 Å². The van der Waals surface area contributed by atoms with Gasteiger partial charge in [-0.05, 0) is 35.6 Å². The smallest absolute Gasteiger partial charge is 0.407 e. The van der Waals surface area contributed by atoms with Gasteiger partial charge in [-0.3, -0.25) is 4.79 Å². The number of nitrogens with one attached hydrogen (secondary N) is 2. The standard InChI is InChI=1S/C24H26N2O6/c1-14(12-21(27)26-20-10-11-31-22(20)23(28)29)25-24(30)32-13-19-17-8-4-2-6-15(17)16-7-3-5-9-18(16)19/h2-9,14,19-20,22H,10-13H2,1H3,(H,25,30)(H,26,27)(H,28,29). The molecule has 1 heterocycles. The maximum atomic E-state index is 12.3. The fourth-order valence-corrected chi connectivity index (χ4v) is 4.42. The molecule has 1 saturated heterocycles. The molecule has 0 aromatic heterocycles. The molecule has 3 unspecified atom stereocenters. The van der Waals surface area contributed by atoms with Gasteiger partial charge in [-0.2, -0.15) is 0 Å². The second-order valence-corrected chi connectivity index (χ2v) is 8.17. The zero-order valence-electron chi connectivity index (χ0n) is 17.7. The van der Waals surface area contributed by atoms with Crippen LogP contribution in [0.4, 0.5) is 4.79 Å². The first-order chi connectivity index (χ1) is 15.4. The van der Waals surface area contributed by atoms with Crippen molar-refractivity contribution in [1.82, 2.24) is 10.6 Å². The number of carbonyl (C=O) groups excluding carboxylic acids is 2. The number of carboxylic acid groups (broad SMARTS) is 1. The highest BCUT2D eigenvalue weighted by atomic mass is 16.5. The fourth-order valence-electron chi connectivity index (χ4n) is 4.42. The Morgan fingerprint density at radius 1 is 1.09 bits per heavy atom. The van der Waals surface area contributed by atoms with Crippen LogP contribution in [0.2, 0.25) is 0 Å². The van der Waals surface area contributed by atoms with Crippen molar-refractivity contribution in [3.63, 3.8) is 0 Å². The highest BCUT2D eigenvalue weighted by Crippen LogP contribution is 2.44. The Hall–Kier alpha value is -3.39. The third kappa shape index (κ3) is 4.60. The molecule has 8 nitrogen and oxygen atoms in total. The molecular formula is C24H26N2O6. The van der Waals surface area contributed by atoms with Crippen LogP contribution in [0, 0.1) is 0 Å². The summed E-state index contributed by atoms with van der Waals surface area (Å²) in [4.78, 5) is 35.7. The van der Waals surface area contributed by atoms with Gasteiger partial charge in [0.15, 0.2) is 6.10 Å². The molecule has 3 N–H and O–H groups in total. The van der Waals surface area contributed by atoms with Crippen LogP contribution in [0.5, 0.6) is 0 Å². The van der Waals surface area contributed by atoms with Crippen molar-refractivity contribution in [2.24, 2.45) is 0 Å². The van der Waals surface area contributed by atoms with Crippen molar-refractivity contribution >= 4 is 18.0 Å². The first kappa shape index (κ1) is 21.8. The van der Waals surface area contributed by atoms with E-state index in [0.29, 0.717) is 6.42 Å². The molecule has 1 fully saturated rings. The average molecular weight is 438 g/mol. The van der Waals surface area contributed by atoms with Gasteiger partial charge in [0.1, 0.15) is 6.61 Å². The minimum atomic E-state index is -1.10. The van der Waals surface area contributed by atoms with Crippen LogP contribution in [0.3, 0.4) is 0 Å². The summed E-state index contributed by atoms with van der Waals surface area (Å²) in [6.07, 6.45) is -1.19. The van der Waals surface area contributed by atoms with Crippen LogP contribution in [-0.4, -0.2) is 54.5 Å². The summed E-state index contributed by atoms with van der Waals surface area (Å²) in [5, 5.41) is 14.5. The SMILES string of the molecule is CC(CC(=O)NC1CCOC1C(=O)O)NC(=O)OCC1c2ccccc2-c2ccccc21. The summed E-state index contributed by atoms with van der Waals surface area (Å²) in [5.74, 6) is -1.49. The zero-order chi connectivity index (χ0) is 22.7. The minimum Gasteiger partial charge on any atom is -0.479 e. The Labute approximate surface area is 185 Å². The van der Waals surface area contributed by atoms with Gasteiger partial charge in [0, 0.05) is 25.0 Å². The van der Waals surface area contributed by atoms with Crippen molar-refractivity contribution in [3.05, 3.63) is 59.7 Å². The molecule has 32 heavy (non-hydrogen) atoms. The number of ether oxygens (including phenoxy) is 2. The van der Waals surface area contributed by atoms with E-state index < -0.39 is 30.3 Å². The zero-order valence-corrected chi connectivity index (χ0v) is 17.7. The molecule has 1 aliphatic carbocycles. The van der Waals surface area contributed by atoms with Crippen molar-refractivity contribution < 1.29 is 29.0 Å². The van der Waals surface area contributed by atoms with Gasteiger partial charge >= 0.3 is 12.1 Å². The van der Waals surface area contributed by atoms with E-state index in [1.54, 1.807) is 6.92 Å². The lowest BCUT2D eigenvalue weighted by molar-refractivity contribution is -0.148. The topological polar surface area (TPSA) is 114 Å². The second-order valence-electron chi connectivity index (χ2n) is 8.17. The van der Waals surface area contributed by atoms with Crippen LogP contribution in [-0.2, 0) is 19.1 Å². The van der Waals surface area contributed by atoms with Crippen LogP contribution in [0.15, 0.2) is 48.5 Å². The van der Waals surface area contributed by atoms with Crippen LogP contribution in [0.1, 0.15) is 36.8 Å². The predicted molar refractivity (Wildman–Crippen MR) is 116 cm³/mol. The molecule has 2 aromatic carbocycles. The van der Waals surface area contributed by atoms with Gasteiger partial charge in [-0.1, -0.05) is 48.5 Å². The van der Waals surface area contributed by atoms with E-state index >= 15 is 0 Å². The third-order valence-corrected chi connectivity index (χ3v) is 5.88. The first-order valence-corrected chi connectivity index (χ1v) is 10.7.